The molecule has 0 saturated carbocycles. The Bertz CT molecular complexity index is 1160. The number of pyridine rings is 1. The second kappa shape index (κ2) is 7.87. The van der Waals surface area contributed by atoms with Crippen molar-refractivity contribution in [1.29, 1.82) is 0 Å². The summed E-state index contributed by atoms with van der Waals surface area (Å²) in [4.78, 5) is 23.9. The summed E-state index contributed by atoms with van der Waals surface area (Å²) in [6, 6.07) is 14.4. The molecule has 0 aliphatic carbocycles. The molecule has 0 atom stereocenters. The highest BCUT2D eigenvalue weighted by Gasteiger charge is 2.22. The predicted molar refractivity (Wildman–Crippen MR) is 116 cm³/mol. The fraction of sp³-hybridized carbons (Fsp3) is 0.0952. The largest absolute Gasteiger partial charge is 0.279 e. The quantitative estimate of drug-likeness (QED) is 0.392. The van der Waals surface area contributed by atoms with Crippen LogP contribution >= 0.6 is 34.5 Å². The Balaban J connectivity index is 1.80. The van der Waals surface area contributed by atoms with E-state index in [1.54, 1.807) is 41.6 Å². The Kier molecular flexibility index (Phi) is 5.31. The number of aromatic nitrogens is 2. The fourth-order valence-electron chi connectivity index (χ4n) is 2.94. The SMILES string of the molecule is Cc1cc(Cl)cc2sc(N(Cc3cccnc3)C(=O)c3cccc(Cl)c3)nc12. The molecule has 7 heteroatoms. The smallest absolute Gasteiger partial charge is 0.260 e. The van der Waals surface area contributed by atoms with E-state index in [2.05, 4.69) is 4.98 Å². The number of anilines is 1. The fourth-order valence-corrected chi connectivity index (χ4v) is 4.54. The molecule has 0 saturated heterocycles. The van der Waals surface area contributed by atoms with Crippen molar-refractivity contribution in [3.05, 3.63) is 87.7 Å². The number of aryl methyl sites for hydroxylation is 1. The molecule has 140 valence electrons. The van der Waals surface area contributed by atoms with Crippen molar-refractivity contribution in [2.24, 2.45) is 0 Å². The third-order valence-electron chi connectivity index (χ3n) is 4.25. The number of carbonyl (C=O) groups excluding carboxylic acids is 1. The van der Waals surface area contributed by atoms with Gasteiger partial charge in [-0.15, -0.1) is 0 Å². The Hall–Kier alpha value is -2.47. The first-order valence-electron chi connectivity index (χ1n) is 8.54. The molecule has 0 unspecified atom stereocenters. The van der Waals surface area contributed by atoms with Crippen LogP contribution in [0.1, 0.15) is 21.5 Å². The van der Waals surface area contributed by atoms with Gasteiger partial charge in [-0.2, -0.15) is 0 Å². The number of amides is 1. The predicted octanol–water partition coefficient (Wildman–Crippen LogP) is 6.15. The normalized spacial score (nSPS) is 11.0. The molecule has 2 heterocycles. The van der Waals surface area contributed by atoms with Crippen molar-refractivity contribution in [3.63, 3.8) is 0 Å². The second-order valence-corrected chi connectivity index (χ2v) is 8.21. The first-order valence-corrected chi connectivity index (χ1v) is 10.1. The van der Waals surface area contributed by atoms with Gasteiger partial charge in [0.15, 0.2) is 5.13 Å². The average Bonchev–Trinajstić information content (AvgIpc) is 3.10. The van der Waals surface area contributed by atoms with E-state index in [-0.39, 0.29) is 5.91 Å². The van der Waals surface area contributed by atoms with Gasteiger partial charge in [0.1, 0.15) is 0 Å². The van der Waals surface area contributed by atoms with Crippen molar-refractivity contribution in [3.8, 4) is 0 Å². The summed E-state index contributed by atoms with van der Waals surface area (Å²) in [5.74, 6) is -0.172. The van der Waals surface area contributed by atoms with Crippen molar-refractivity contribution in [1.82, 2.24) is 9.97 Å². The number of nitrogens with zero attached hydrogens (tertiary/aromatic N) is 3. The minimum absolute atomic E-state index is 0.172. The van der Waals surface area contributed by atoms with Gasteiger partial charge < -0.3 is 0 Å². The van der Waals surface area contributed by atoms with Gasteiger partial charge in [0.05, 0.1) is 16.8 Å². The third-order valence-corrected chi connectivity index (χ3v) is 5.73. The van der Waals surface area contributed by atoms with Gasteiger partial charge in [0.2, 0.25) is 0 Å². The highest BCUT2D eigenvalue weighted by molar-refractivity contribution is 7.22. The molecule has 0 radical (unpaired) electrons. The van der Waals surface area contributed by atoms with Gasteiger partial charge in [0, 0.05) is 28.0 Å². The summed E-state index contributed by atoms with van der Waals surface area (Å²) in [6.07, 6.45) is 3.45. The van der Waals surface area contributed by atoms with E-state index in [9.17, 15) is 4.79 Å². The van der Waals surface area contributed by atoms with Gasteiger partial charge in [-0.25, -0.2) is 4.98 Å². The van der Waals surface area contributed by atoms with E-state index in [0.29, 0.717) is 27.3 Å². The number of halogens is 2. The standard InChI is InChI=1S/C21H15Cl2N3OS/c1-13-8-17(23)10-18-19(13)25-21(28-18)26(12-14-4-3-7-24-11-14)20(27)15-5-2-6-16(22)9-15/h2-11H,12H2,1H3. The Morgan fingerprint density at radius 1 is 1.11 bits per heavy atom. The zero-order chi connectivity index (χ0) is 19.7. The first kappa shape index (κ1) is 18.9. The summed E-state index contributed by atoms with van der Waals surface area (Å²) < 4.78 is 0.940. The molecule has 2 aromatic heterocycles. The molecule has 0 aliphatic rings. The maximum absolute atomic E-state index is 13.3. The minimum Gasteiger partial charge on any atom is -0.279 e. The molecule has 4 nitrogen and oxygen atoms in total. The lowest BCUT2D eigenvalue weighted by Crippen LogP contribution is -2.30. The number of benzene rings is 2. The maximum Gasteiger partial charge on any atom is 0.260 e. The minimum atomic E-state index is -0.172. The molecule has 0 aliphatic heterocycles. The number of thiazole rings is 1. The summed E-state index contributed by atoms with van der Waals surface area (Å²) in [7, 11) is 0. The summed E-state index contributed by atoms with van der Waals surface area (Å²) >= 11 is 13.7. The summed E-state index contributed by atoms with van der Waals surface area (Å²) in [5, 5.41) is 1.77. The van der Waals surface area contributed by atoms with Crippen LogP contribution < -0.4 is 4.90 Å². The maximum atomic E-state index is 13.3. The van der Waals surface area contributed by atoms with Crippen LogP contribution in [0.3, 0.4) is 0 Å². The van der Waals surface area contributed by atoms with E-state index in [0.717, 1.165) is 21.3 Å². The zero-order valence-electron chi connectivity index (χ0n) is 14.9. The van der Waals surface area contributed by atoms with E-state index in [1.807, 2.05) is 31.2 Å². The molecule has 0 N–H and O–H groups in total. The van der Waals surface area contributed by atoms with Crippen molar-refractivity contribution < 1.29 is 4.79 Å². The van der Waals surface area contributed by atoms with Gasteiger partial charge >= 0.3 is 0 Å². The lowest BCUT2D eigenvalue weighted by atomic mass is 10.2. The molecule has 2 aromatic carbocycles. The molecular weight excluding hydrogens is 413 g/mol. The molecule has 28 heavy (non-hydrogen) atoms. The molecule has 0 spiro atoms. The highest BCUT2D eigenvalue weighted by Crippen LogP contribution is 2.34. The van der Waals surface area contributed by atoms with Gasteiger partial charge in [0.25, 0.3) is 5.91 Å². The van der Waals surface area contributed by atoms with Crippen LogP contribution in [0.25, 0.3) is 10.2 Å². The lowest BCUT2D eigenvalue weighted by Gasteiger charge is -2.20. The van der Waals surface area contributed by atoms with E-state index < -0.39 is 0 Å². The zero-order valence-corrected chi connectivity index (χ0v) is 17.2. The van der Waals surface area contributed by atoms with Crippen LogP contribution in [0.5, 0.6) is 0 Å². The van der Waals surface area contributed by atoms with Crippen LogP contribution in [0.4, 0.5) is 5.13 Å². The summed E-state index contributed by atoms with van der Waals surface area (Å²) in [6.45, 7) is 2.31. The second-order valence-electron chi connectivity index (χ2n) is 6.33. The number of rotatable bonds is 4. The highest BCUT2D eigenvalue weighted by atomic mass is 35.5. The Labute approximate surface area is 176 Å². The molecular formula is C21H15Cl2N3OS. The van der Waals surface area contributed by atoms with Crippen molar-refractivity contribution in [2.75, 3.05) is 4.90 Å². The van der Waals surface area contributed by atoms with Gasteiger partial charge in [-0.3, -0.25) is 14.7 Å². The number of hydrogen-bond donors (Lipinski definition) is 0. The molecule has 1 amide bonds. The van der Waals surface area contributed by atoms with Crippen LogP contribution in [-0.2, 0) is 6.54 Å². The number of carbonyl (C=O) groups is 1. The first-order chi connectivity index (χ1) is 13.5. The monoisotopic (exact) mass is 427 g/mol. The number of fused-ring (bicyclic) bond motifs is 1. The van der Waals surface area contributed by atoms with Crippen molar-refractivity contribution in [2.45, 2.75) is 13.5 Å². The Morgan fingerprint density at radius 3 is 2.71 bits per heavy atom. The van der Waals surface area contributed by atoms with E-state index >= 15 is 0 Å². The molecule has 4 rings (SSSR count). The van der Waals surface area contributed by atoms with Gasteiger partial charge in [-0.1, -0.05) is 46.7 Å². The number of hydrogen-bond acceptors (Lipinski definition) is 4. The molecule has 0 fully saturated rings. The van der Waals surface area contributed by atoms with Crippen LogP contribution in [0.2, 0.25) is 10.0 Å². The van der Waals surface area contributed by atoms with E-state index in [1.165, 1.54) is 11.3 Å². The lowest BCUT2D eigenvalue weighted by molar-refractivity contribution is 0.0985. The van der Waals surface area contributed by atoms with Gasteiger partial charge in [-0.05, 0) is 54.4 Å². The van der Waals surface area contributed by atoms with Crippen LogP contribution in [0.15, 0.2) is 60.9 Å². The van der Waals surface area contributed by atoms with E-state index in [4.69, 9.17) is 28.2 Å². The topological polar surface area (TPSA) is 46.1 Å². The van der Waals surface area contributed by atoms with Crippen molar-refractivity contribution >= 4 is 55.8 Å². The Morgan fingerprint density at radius 2 is 1.96 bits per heavy atom. The molecule has 4 aromatic rings. The average molecular weight is 428 g/mol. The van der Waals surface area contributed by atoms with Crippen LogP contribution in [0, 0.1) is 6.92 Å². The summed E-state index contributed by atoms with van der Waals surface area (Å²) in [5.41, 5.74) is 3.23. The van der Waals surface area contributed by atoms with Crippen LogP contribution in [-0.4, -0.2) is 15.9 Å². The third kappa shape index (κ3) is 3.87. The molecule has 0 bridgehead atoms.